The minimum Gasteiger partial charge on any atom is -0.484 e. The van der Waals surface area contributed by atoms with Crippen molar-refractivity contribution >= 4 is 28.1 Å². The number of ether oxygens (including phenoxy) is 1. The fourth-order valence-electron chi connectivity index (χ4n) is 2.87. The molecule has 3 N–H and O–H groups in total. The fourth-order valence-corrected chi connectivity index (χ4v) is 3.44. The van der Waals surface area contributed by atoms with E-state index >= 15 is 0 Å². The molecule has 0 unspecified atom stereocenters. The number of nitrogen functional groups attached to an aromatic ring is 1. The highest BCUT2D eigenvalue weighted by atomic mass is 32.1. The standard InChI is InChI=1S/C20H21N3O2S/c1-12-7-13(2)19(14(3)8-12)23-18(24)10-25-16-6-4-5-15(9-16)17-11-26-20(21)22-17/h4-9,11H,10H2,1-3H3,(H2,21,22)(H,23,24). The number of benzene rings is 2. The van der Waals surface area contributed by atoms with Crippen molar-refractivity contribution < 1.29 is 9.53 Å². The number of carbonyl (C=O) groups is 1. The van der Waals surface area contributed by atoms with Gasteiger partial charge in [-0.15, -0.1) is 11.3 Å². The number of carbonyl (C=O) groups excluding carboxylic acids is 1. The van der Waals surface area contributed by atoms with Crippen molar-refractivity contribution in [3.05, 3.63) is 58.5 Å². The van der Waals surface area contributed by atoms with Gasteiger partial charge in [0.15, 0.2) is 11.7 Å². The second-order valence-corrected chi connectivity index (χ2v) is 7.10. The smallest absolute Gasteiger partial charge is 0.262 e. The first-order valence-corrected chi connectivity index (χ1v) is 9.12. The molecule has 0 saturated heterocycles. The van der Waals surface area contributed by atoms with E-state index in [1.165, 1.54) is 16.9 Å². The van der Waals surface area contributed by atoms with E-state index in [2.05, 4.69) is 10.3 Å². The molecule has 3 aromatic rings. The van der Waals surface area contributed by atoms with Crippen molar-refractivity contribution in [1.29, 1.82) is 0 Å². The van der Waals surface area contributed by atoms with Crippen LogP contribution in [0.1, 0.15) is 16.7 Å². The number of hydrogen-bond acceptors (Lipinski definition) is 5. The molecule has 5 nitrogen and oxygen atoms in total. The summed E-state index contributed by atoms with van der Waals surface area (Å²) in [6, 6.07) is 11.6. The van der Waals surface area contributed by atoms with Crippen molar-refractivity contribution in [2.45, 2.75) is 20.8 Å². The van der Waals surface area contributed by atoms with Gasteiger partial charge in [-0.1, -0.05) is 29.8 Å². The van der Waals surface area contributed by atoms with E-state index in [1.54, 1.807) is 0 Å². The molecule has 0 spiro atoms. The van der Waals surface area contributed by atoms with Crippen molar-refractivity contribution in [1.82, 2.24) is 4.98 Å². The third kappa shape index (κ3) is 4.21. The summed E-state index contributed by atoms with van der Waals surface area (Å²) in [6.45, 7) is 5.95. The van der Waals surface area contributed by atoms with E-state index in [-0.39, 0.29) is 12.5 Å². The van der Waals surface area contributed by atoms with Crippen molar-refractivity contribution in [2.24, 2.45) is 0 Å². The van der Waals surface area contributed by atoms with Crippen LogP contribution in [0, 0.1) is 20.8 Å². The van der Waals surface area contributed by atoms with Crippen LogP contribution < -0.4 is 15.8 Å². The van der Waals surface area contributed by atoms with E-state index < -0.39 is 0 Å². The molecule has 0 aliphatic heterocycles. The molecule has 1 heterocycles. The van der Waals surface area contributed by atoms with Crippen LogP contribution in [0.15, 0.2) is 41.8 Å². The van der Waals surface area contributed by atoms with Gasteiger partial charge in [0, 0.05) is 16.6 Å². The number of aromatic nitrogens is 1. The first-order valence-electron chi connectivity index (χ1n) is 8.24. The molecular weight excluding hydrogens is 346 g/mol. The molecule has 0 aliphatic carbocycles. The summed E-state index contributed by atoms with van der Waals surface area (Å²) in [4.78, 5) is 16.5. The zero-order chi connectivity index (χ0) is 18.7. The Hall–Kier alpha value is -2.86. The molecule has 3 rings (SSSR count). The van der Waals surface area contributed by atoms with E-state index in [1.807, 2.05) is 62.5 Å². The molecule has 0 atom stereocenters. The average molecular weight is 367 g/mol. The van der Waals surface area contributed by atoms with Gasteiger partial charge in [-0.05, 0) is 44.0 Å². The van der Waals surface area contributed by atoms with Crippen LogP contribution in [-0.4, -0.2) is 17.5 Å². The van der Waals surface area contributed by atoms with Gasteiger partial charge in [0.2, 0.25) is 0 Å². The van der Waals surface area contributed by atoms with Crippen LogP contribution >= 0.6 is 11.3 Å². The quantitative estimate of drug-likeness (QED) is 0.703. The summed E-state index contributed by atoms with van der Waals surface area (Å²) in [5, 5.41) is 5.35. The molecule has 134 valence electrons. The number of amides is 1. The molecule has 26 heavy (non-hydrogen) atoms. The monoisotopic (exact) mass is 367 g/mol. The molecule has 0 saturated carbocycles. The molecule has 0 fully saturated rings. The van der Waals surface area contributed by atoms with Gasteiger partial charge in [-0.3, -0.25) is 4.79 Å². The molecular formula is C20H21N3O2S. The van der Waals surface area contributed by atoms with Crippen LogP contribution in [-0.2, 0) is 4.79 Å². The second-order valence-electron chi connectivity index (χ2n) is 6.21. The van der Waals surface area contributed by atoms with Crippen LogP contribution in [0.5, 0.6) is 5.75 Å². The van der Waals surface area contributed by atoms with E-state index in [9.17, 15) is 4.79 Å². The maximum Gasteiger partial charge on any atom is 0.262 e. The fraction of sp³-hybridized carbons (Fsp3) is 0.200. The number of hydrogen-bond donors (Lipinski definition) is 2. The molecule has 6 heteroatoms. The highest BCUT2D eigenvalue weighted by molar-refractivity contribution is 7.13. The summed E-state index contributed by atoms with van der Waals surface area (Å²) < 4.78 is 5.64. The molecule has 0 aliphatic rings. The second kappa shape index (κ2) is 7.58. The highest BCUT2D eigenvalue weighted by Gasteiger charge is 2.10. The van der Waals surface area contributed by atoms with Crippen LogP contribution in [0.3, 0.4) is 0 Å². The molecule has 1 amide bonds. The van der Waals surface area contributed by atoms with Crippen LogP contribution in [0.4, 0.5) is 10.8 Å². The number of anilines is 2. The Morgan fingerprint density at radius 3 is 2.58 bits per heavy atom. The Bertz CT molecular complexity index is 927. The first-order chi connectivity index (χ1) is 12.4. The maximum absolute atomic E-state index is 12.3. The SMILES string of the molecule is Cc1cc(C)c(NC(=O)COc2cccc(-c3csc(N)n3)c2)c(C)c1. The zero-order valence-electron chi connectivity index (χ0n) is 15.0. The number of thiazole rings is 1. The third-order valence-corrected chi connectivity index (χ3v) is 4.64. The Labute approximate surface area is 156 Å². The lowest BCUT2D eigenvalue weighted by Crippen LogP contribution is -2.21. The Balaban J connectivity index is 1.65. The maximum atomic E-state index is 12.3. The molecule has 2 aromatic carbocycles. The number of nitrogens with zero attached hydrogens (tertiary/aromatic N) is 1. The minimum atomic E-state index is -0.191. The zero-order valence-corrected chi connectivity index (χ0v) is 15.8. The number of nitrogens with two attached hydrogens (primary N) is 1. The third-order valence-electron chi connectivity index (χ3n) is 3.96. The minimum absolute atomic E-state index is 0.0601. The van der Waals surface area contributed by atoms with Crippen molar-refractivity contribution in [2.75, 3.05) is 17.7 Å². The molecule has 1 aromatic heterocycles. The predicted molar refractivity (Wildman–Crippen MR) is 107 cm³/mol. The van der Waals surface area contributed by atoms with E-state index in [0.29, 0.717) is 10.9 Å². The molecule has 0 bridgehead atoms. The number of aryl methyl sites for hydroxylation is 3. The lowest BCUT2D eigenvalue weighted by atomic mass is 10.1. The number of rotatable bonds is 5. The Morgan fingerprint density at radius 1 is 1.19 bits per heavy atom. The summed E-state index contributed by atoms with van der Waals surface area (Å²) in [5.41, 5.74) is 11.5. The van der Waals surface area contributed by atoms with Gasteiger partial charge >= 0.3 is 0 Å². The Morgan fingerprint density at radius 2 is 1.92 bits per heavy atom. The number of nitrogens with one attached hydrogen (secondary N) is 1. The van der Waals surface area contributed by atoms with E-state index in [0.717, 1.165) is 28.1 Å². The summed E-state index contributed by atoms with van der Waals surface area (Å²) >= 11 is 1.39. The summed E-state index contributed by atoms with van der Waals surface area (Å²) in [7, 11) is 0. The molecule has 0 radical (unpaired) electrons. The van der Waals surface area contributed by atoms with Gasteiger partial charge in [0.1, 0.15) is 5.75 Å². The first kappa shape index (κ1) is 17.9. The van der Waals surface area contributed by atoms with E-state index in [4.69, 9.17) is 10.5 Å². The van der Waals surface area contributed by atoms with Gasteiger partial charge in [-0.25, -0.2) is 4.98 Å². The predicted octanol–water partition coefficient (Wildman–Crippen LogP) is 4.34. The summed E-state index contributed by atoms with van der Waals surface area (Å²) in [5.74, 6) is 0.421. The lowest BCUT2D eigenvalue weighted by molar-refractivity contribution is -0.118. The van der Waals surface area contributed by atoms with Crippen molar-refractivity contribution in [3.63, 3.8) is 0 Å². The van der Waals surface area contributed by atoms with Crippen LogP contribution in [0.2, 0.25) is 0 Å². The normalized spacial score (nSPS) is 10.6. The lowest BCUT2D eigenvalue weighted by Gasteiger charge is -2.13. The van der Waals surface area contributed by atoms with Gasteiger partial charge in [0.05, 0.1) is 5.69 Å². The van der Waals surface area contributed by atoms with Crippen molar-refractivity contribution in [3.8, 4) is 17.0 Å². The van der Waals surface area contributed by atoms with Gasteiger partial charge in [-0.2, -0.15) is 0 Å². The summed E-state index contributed by atoms with van der Waals surface area (Å²) in [6.07, 6.45) is 0. The highest BCUT2D eigenvalue weighted by Crippen LogP contribution is 2.26. The van der Waals surface area contributed by atoms with Gasteiger partial charge in [0.25, 0.3) is 5.91 Å². The topological polar surface area (TPSA) is 77.2 Å². The average Bonchev–Trinajstić information content (AvgIpc) is 3.03. The Kier molecular flexibility index (Phi) is 5.23. The van der Waals surface area contributed by atoms with Crippen LogP contribution in [0.25, 0.3) is 11.3 Å². The largest absolute Gasteiger partial charge is 0.484 e. The van der Waals surface area contributed by atoms with Gasteiger partial charge < -0.3 is 15.8 Å².